The van der Waals surface area contributed by atoms with Gasteiger partial charge in [0, 0.05) is 12.5 Å². The molecule has 17 heavy (non-hydrogen) atoms. The summed E-state index contributed by atoms with van der Waals surface area (Å²) < 4.78 is 48.3. The average Bonchev–Trinajstić information content (AvgIpc) is 2.08. The molecule has 0 heterocycles. The van der Waals surface area contributed by atoms with Gasteiger partial charge in [0.1, 0.15) is 0 Å². The van der Waals surface area contributed by atoms with Gasteiger partial charge in [-0.1, -0.05) is 20.8 Å². The Labute approximate surface area is 104 Å². The molecule has 0 amide bonds. The van der Waals surface area contributed by atoms with Crippen LogP contribution in [-0.4, -0.2) is 40.3 Å². The third-order valence-electron chi connectivity index (χ3n) is 3.15. The Morgan fingerprint density at radius 1 is 1.35 bits per heavy atom. The SMILES string of the molecule is CC(C)(C)[Si](C)(C)OC[C@H](CF)CS(=O)(=O)O. The Morgan fingerprint density at radius 2 is 1.82 bits per heavy atom. The second-order valence-electron chi connectivity index (χ2n) is 5.84. The highest BCUT2D eigenvalue weighted by Gasteiger charge is 2.37. The highest BCUT2D eigenvalue weighted by Crippen LogP contribution is 2.36. The van der Waals surface area contributed by atoms with Gasteiger partial charge in [-0.05, 0) is 18.1 Å². The maximum atomic E-state index is 12.6. The minimum Gasteiger partial charge on any atom is -0.416 e. The highest BCUT2D eigenvalue weighted by molar-refractivity contribution is 7.85. The highest BCUT2D eigenvalue weighted by atomic mass is 32.2. The van der Waals surface area contributed by atoms with Crippen LogP contribution in [0.1, 0.15) is 20.8 Å². The summed E-state index contributed by atoms with van der Waals surface area (Å²) in [6, 6.07) is 0. The Morgan fingerprint density at radius 3 is 2.12 bits per heavy atom. The Kier molecular flexibility index (Phi) is 5.78. The van der Waals surface area contributed by atoms with Crippen LogP contribution in [0.15, 0.2) is 0 Å². The normalized spacial score (nSPS) is 15.9. The van der Waals surface area contributed by atoms with Crippen LogP contribution in [0, 0.1) is 5.92 Å². The molecule has 0 fully saturated rings. The summed E-state index contributed by atoms with van der Waals surface area (Å²) in [4.78, 5) is 0. The Balaban J connectivity index is 4.44. The van der Waals surface area contributed by atoms with E-state index in [-0.39, 0.29) is 11.6 Å². The third kappa shape index (κ3) is 6.49. The van der Waals surface area contributed by atoms with E-state index in [4.69, 9.17) is 8.98 Å². The first-order valence-electron chi connectivity index (χ1n) is 5.54. The molecule has 0 aromatic heterocycles. The summed E-state index contributed by atoms with van der Waals surface area (Å²) in [5.41, 5.74) is 0. The maximum Gasteiger partial charge on any atom is 0.265 e. The van der Waals surface area contributed by atoms with Gasteiger partial charge in [0.2, 0.25) is 0 Å². The van der Waals surface area contributed by atoms with Crippen LogP contribution in [-0.2, 0) is 14.5 Å². The molecule has 0 rings (SSSR count). The average molecular weight is 286 g/mol. The van der Waals surface area contributed by atoms with Crippen molar-refractivity contribution in [2.75, 3.05) is 19.0 Å². The molecule has 104 valence electrons. The maximum absolute atomic E-state index is 12.6. The minimum absolute atomic E-state index is 0.00798. The number of hydrogen-bond donors (Lipinski definition) is 1. The van der Waals surface area contributed by atoms with Crippen molar-refractivity contribution in [2.24, 2.45) is 5.92 Å². The van der Waals surface area contributed by atoms with E-state index < -0.39 is 36.8 Å². The van der Waals surface area contributed by atoms with Gasteiger partial charge in [0.05, 0.1) is 12.4 Å². The van der Waals surface area contributed by atoms with Gasteiger partial charge in [-0.2, -0.15) is 8.42 Å². The van der Waals surface area contributed by atoms with Crippen molar-refractivity contribution in [2.45, 2.75) is 38.9 Å². The van der Waals surface area contributed by atoms with Gasteiger partial charge in [0.25, 0.3) is 10.1 Å². The standard InChI is InChI=1S/C10H23FO4SSi/c1-10(2,3)17(4,5)15-7-9(6-11)8-16(12,13)14/h9H,6-8H2,1-5H3,(H,12,13,14)/t9-/m0/s1. The molecular formula is C10H23FO4SSi. The lowest BCUT2D eigenvalue weighted by Gasteiger charge is -2.37. The first kappa shape index (κ1) is 17.0. The van der Waals surface area contributed by atoms with Crippen LogP contribution in [0.4, 0.5) is 4.39 Å². The zero-order valence-corrected chi connectivity index (χ0v) is 13.0. The number of halogens is 1. The molecule has 0 unspecified atom stereocenters. The number of hydrogen-bond acceptors (Lipinski definition) is 3. The molecule has 0 aliphatic heterocycles. The van der Waals surface area contributed by atoms with Gasteiger partial charge < -0.3 is 4.43 Å². The van der Waals surface area contributed by atoms with Crippen molar-refractivity contribution < 1.29 is 21.8 Å². The van der Waals surface area contributed by atoms with E-state index >= 15 is 0 Å². The van der Waals surface area contributed by atoms with E-state index in [1.54, 1.807) is 0 Å². The smallest absolute Gasteiger partial charge is 0.265 e. The second-order valence-corrected chi connectivity index (χ2v) is 12.1. The topological polar surface area (TPSA) is 63.6 Å². The molecule has 0 aliphatic carbocycles. The zero-order chi connectivity index (χ0) is 13.9. The molecule has 4 nitrogen and oxygen atoms in total. The van der Waals surface area contributed by atoms with Gasteiger partial charge in [-0.25, -0.2) is 0 Å². The Hall–Kier alpha value is 0.0169. The molecule has 0 spiro atoms. The van der Waals surface area contributed by atoms with Crippen LogP contribution in [0.2, 0.25) is 18.1 Å². The largest absolute Gasteiger partial charge is 0.416 e. The fourth-order valence-electron chi connectivity index (χ4n) is 0.978. The number of rotatable bonds is 6. The third-order valence-corrected chi connectivity index (χ3v) is 8.54. The van der Waals surface area contributed by atoms with Crippen LogP contribution < -0.4 is 0 Å². The van der Waals surface area contributed by atoms with E-state index in [9.17, 15) is 12.8 Å². The van der Waals surface area contributed by atoms with Gasteiger partial charge in [0.15, 0.2) is 8.32 Å². The van der Waals surface area contributed by atoms with Crippen LogP contribution >= 0.6 is 0 Å². The molecule has 0 aromatic carbocycles. The molecule has 0 aliphatic rings. The van der Waals surface area contributed by atoms with E-state index in [2.05, 4.69) is 0 Å². The minimum atomic E-state index is -4.14. The van der Waals surface area contributed by atoms with Gasteiger partial charge >= 0.3 is 0 Å². The van der Waals surface area contributed by atoms with Crippen LogP contribution in [0.5, 0.6) is 0 Å². The molecular weight excluding hydrogens is 263 g/mol. The van der Waals surface area contributed by atoms with E-state index in [1.807, 2.05) is 33.9 Å². The molecule has 0 bridgehead atoms. The molecule has 0 saturated heterocycles. The van der Waals surface area contributed by atoms with Crippen LogP contribution in [0.3, 0.4) is 0 Å². The van der Waals surface area contributed by atoms with Crippen molar-refractivity contribution in [1.82, 2.24) is 0 Å². The molecule has 1 N–H and O–H groups in total. The van der Waals surface area contributed by atoms with Gasteiger partial charge in [-0.15, -0.1) is 0 Å². The lowest BCUT2D eigenvalue weighted by Crippen LogP contribution is -2.42. The fourth-order valence-corrected chi connectivity index (χ4v) is 2.84. The predicted molar refractivity (Wildman–Crippen MR) is 69.0 cm³/mol. The summed E-state index contributed by atoms with van der Waals surface area (Å²) in [5, 5.41) is -0.00798. The van der Waals surface area contributed by atoms with Crippen molar-refractivity contribution in [1.29, 1.82) is 0 Å². The second kappa shape index (κ2) is 5.77. The first-order valence-corrected chi connectivity index (χ1v) is 10.1. The van der Waals surface area contributed by atoms with Crippen molar-refractivity contribution in [3.8, 4) is 0 Å². The molecule has 0 saturated carbocycles. The van der Waals surface area contributed by atoms with E-state index in [0.717, 1.165) is 0 Å². The molecule has 0 radical (unpaired) electrons. The van der Waals surface area contributed by atoms with Gasteiger partial charge in [-0.3, -0.25) is 8.94 Å². The quantitative estimate of drug-likeness (QED) is 0.602. The molecule has 0 aromatic rings. The molecule has 1 atom stereocenters. The predicted octanol–water partition coefficient (Wildman–Crippen LogP) is 2.48. The van der Waals surface area contributed by atoms with E-state index in [1.165, 1.54) is 0 Å². The summed E-state index contributed by atoms with van der Waals surface area (Å²) in [6.45, 7) is 9.39. The first-order chi connectivity index (χ1) is 7.39. The Bertz CT molecular complexity index is 335. The lowest BCUT2D eigenvalue weighted by molar-refractivity contribution is 0.211. The lowest BCUT2D eigenvalue weighted by atomic mass is 10.2. The monoisotopic (exact) mass is 286 g/mol. The zero-order valence-electron chi connectivity index (χ0n) is 11.2. The molecule has 7 heteroatoms. The van der Waals surface area contributed by atoms with Crippen molar-refractivity contribution in [3.63, 3.8) is 0 Å². The van der Waals surface area contributed by atoms with Crippen LogP contribution in [0.25, 0.3) is 0 Å². The van der Waals surface area contributed by atoms with Crippen molar-refractivity contribution in [3.05, 3.63) is 0 Å². The number of alkyl halides is 1. The summed E-state index contributed by atoms with van der Waals surface area (Å²) in [6.07, 6.45) is 0. The summed E-state index contributed by atoms with van der Waals surface area (Å²) in [7, 11) is -6.15. The van der Waals surface area contributed by atoms with E-state index in [0.29, 0.717) is 0 Å². The summed E-state index contributed by atoms with van der Waals surface area (Å²) >= 11 is 0. The fraction of sp³-hybridized carbons (Fsp3) is 1.00. The summed E-state index contributed by atoms with van der Waals surface area (Å²) in [5.74, 6) is -1.38. The van der Waals surface area contributed by atoms with Crippen molar-refractivity contribution >= 4 is 18.4 Å².